The van der Waals surface area contributed by atoms with Gasteiger partial charge in [0.25, 0.3) is 11.8 Å². The van der Waals surface area contributed by atoms with E-state index in [1.807, 2.05) is 0 Å². The summed E-state index contributed by atoms with van der Waals surface area (Å²) in [5, 5.41) is 0.404. The molecule has 3 aliphatic rings. The van der Waals surface area contributed by atoms with Crippen LogP contribution in [0.1, 0.15) is 47.1 Å². The van der Waals surface area contributed by atoms with Gasteiger partial charge in [0, 0.05) is 44.4 Å². The Morgan fingerprint density at radius 1 is 1.15 bits per heavy atom. The van der Waals surface area contributed by atoms with E-state index in [4.69, 9.17) is 4.74 Å². The highest BCUT2D eigenvalue weighted by Gasteiger charge is 2.58. The van der Waals surface area contributed by atoms with E-state index in [1.165, 1.54) is 23.5 Å². The largest absolute Gasteiger partial charge is 0.342 e. The molecule has 170 valence electrons. The van der Waals surface area contributed by atoms with Crippen LogP contribution in [0.4, 0.5) is 8.78 Å². The number of carbonyl (C=O) groups is 2. The molecule has 1 spiro atoms. The monoisotopic (exact) mass is 470 g/mol. The number of aromatic nitrogens is 2. The number of piperidine rings is 1. The summed E-state index contributed by atoms with van der Waals surface area (Å²) < 4.78 is 34.7. The molecular weight excluding hydrogens is 450 g/mol. The van der Waals surface area contributed by atoms with Gasteiger partial charge in [0.1, 0.15) is 17.9 Å². The van der Waals surface area contributed by atoms with Crippen molar-refractivity contribution >= 4 is 33.4 Å². The van der Waals surface area contributed by atoms with Gasteiger partial charge in [0.2, 0.25) is 0 Å². The summed E-state index contributed by atoms with van der Waals surface area (Å²) in [6, 6.07) is 4.75. The van der Waals surface area contributed by atoms with Gasteiger partial charge in [-0.2, -0.15) is 0 Å². The Morgan fingerprint density at radius 3 is 2.64 bits per heavy atom. The van der Waals surface area contributed by atoms with Crippen molar-refractivity contribution in [1.29, 1.82) is 0 Å². The van der Waals surface area contributed by atoms with Crippen molar-refractivity contribution in [2.75, 3.05) is 13.1 Å². The van der Waals surface area contributed by atoms with Gasteiger partial charge < -0.3 is 14.5 Å². The first-order chi connectivity index (χ1) is 15.9. The van der Waals surface area contributed by atoms with E-state index in [1.54, 1.807) is 28.3 Å². The zero-order chi connectivity index (χ0) is 22.7. The Balaban J connectivity index is 1.18. The Kier molecular flexibility index (Phi) is 4.70. The number of rotatable bonds is 2. The van der Waals surface area contributed by atoms with Crippen molar-refractivity contribution in [2.45, 2.75) is 43.6 Å². The lowest BCUT2D eigenvalue weighted by molar-refractivity contribution is -0.142. The van der Waals surface area contributed by atoms with Crippen molar-refractivity contribution in [3.8, 4) is 0 Å². The molecule has 3 fully saturated rings. The van der Waals surface area contributed by atoms with Crippen LogP contribution in [0.25, 0.3) is 10.2 Å². The summed E-state index contributed by atoms with van der Waals surface area (Å²) in [4.78, 5) is 38.3. The Hall–Kier alpha value is -2.98. The number of thiazole rings is 1. The number of pyridine rings is 1. The van der Waals surface area contributed by atoms with Crippen molar-refractivity contribution in [3.63, 3.8) is 0 Å². The molecule has 0 saturated carbocycles. The molecule has 0 radical (unpaired) electrons. The first kappa shape index (κ1) is 20.6. The lowest BCUT2D eigenvalue weighted by Crippen LogP contribution is -2.51. The Labute approximate surface area is 192 Å². The molecule has 3 aliphatic heterocycles. The van der Waals surface area contributed by atoms with E-state index in [0.717, 1.165) is 16.3 Å². The van der Waals surface area contributed by atoms with Gasteiger partial charge in [0.05, 0.1) is 16.3 Å². The molecule has 0 N–H and O–H groups in total. The quantitative estimate of drug-likeness (QED) is 0.571. The van der Waals surface area contributed by atoms with Crippen LogP contribution < -0.4 is 0 Å². The van der Waals surface area contributed by atoms with Gasteiger partial charge in [-0.15, -0.1) is 11.3 Å². The van der Waals surface area contributed by atoms with Gasteiger partial charge in [-0.1, -0.05) is 0 Å². The van der Waals surface area contributed by atoms with Crippen molar-refractivity contribution < 1.29 is 23.1 Å². The van der Waals surface area contributed by atoms with Crippen LogP contribution in [0.5, 0.6) is 0 Å². The average Bonchev–Trinajstić information content (AvgIpc) is 3.48. The predicted molar refractivity (Wildman–Crippen MR) is 115 cm³/mol. The molecule has 33 heavy (non-hydrogen) atoms. The highest BCUT2D eigenvalue weighted by Crippen LogP contribution is 2.47. The number of halogens is 2. The lowest BCUT2D eigenvalue weighted by atomic mass is 9.89. The minimum absolute atomic E-state index is 0.155. The number of carbonyl (C=O) groups excluding carboxylic acids is 2. The van der Waals surface area contributed by atoms with Crippen LogP contribution in [0, 0.1) is 11.6 Å². The number of likely N-dealkylation sites (tertiary alicyclic amines) is 1. The van der Waals surface area contributed by atoms with Crippen LogP contribution in [-0.4, -0.2) is 56.5 Å². The molecule has 1 unspecified atom stereocenters. The molecule has 7 nitrogen and oxygen atoms in total. The second-order valence-corrected chi connectivity index (χ2v) is 9.76. The fraction of sp³-hybridized carbons (Fsp3) is 0.391. The van der Waals surface area contributed by atoms with Crippen LogP contribution in [0.3, 0.4) is 0 Å². The van der Waals surface area contributed by atoms with E-state index in [2.05, 4.69) is 9.97 Å². The zero-order valence-electron chi connectivity index (χ0n) is 17.5. The second-order valence-electron chi connectivity index (χ2n) is 8.73. The Bertz CT molecular complexity index is 1220. The number of ether oxygens (including phenoxy) is 1. The summed E-state index contributed by atoms with van der Waals surface area (Å²) in [5.74, 6) is -1.63. The second kappa shape index (κ2) is 7.53. The Morgan fingerprint density at radius 2 is 1.91 bits per heavy atom. The molecule has 2 amide bonds. The molecule has 3 aromatic rings. The molecule has 3 saturated heterocycles. The molecule has 6 rings (SSSR count). The van der Waals surface area contributed by atoms with Gasteiger partial charge in [-0.25, -0.2) is 13.8 Å². The standard InChI is InChI=1S/C23H20F2N4O3S/c24-14-9-13(10-15(25)11-14)17-1-2-19-29(17)22(31)23(32-19)4-7-28(8-5-23)21(30)20-27-16-3-6-26-12-18(16)33-20/h3,6,9-12,17,19H,1-2,4-5,7-8H2/t17-,19?/m0/s1. The van der Waals surface area contributed by atoms with Gasteiger partial charge in [-0.05, 0) is 36.6 Å². The topological polar surface area (TPSA) is 75.6 Å². The summed E-state index contributed by atoms with van der Waals surface area (Å²) in [7, 11) is 0. The first-order valence-electron chi connectivity index (χ1n) is 10.9. The average molecular weight is 471 g/mol. The molecule has 10 heteroatoms. The third-order valence-electron chi connectivity index (χ3n) is 6.82. The van der Waals surface area contributed by atoms with Gasteiger partial charge >= 0.3 is 0 Å². The van der Waals surface area contributed by atoms with Crippen LogP contribution >= 0.6 is 11.3 Å². The fourth-order valence-electron chi connectivity index (χ4n) is 5.22. The van der Waals surface area contributed by atoms with E-state index in [0.29, 0.717) is 49.3 Å². The third kappa shape index (κ3) is 3.31. The zero-order valence-corrected chi connectivity index (χ0v) is 18.4. The van der Waals surface area contributed by atoms with Crippen molar-refractivity contribution in [3.05, 3.63) is 58.9 Å². The maximum atomic E-state index is 13.8. The van der Waals surface area contributed by atoms with Crippen molar-refractivity contribution in [1.82, 2.24) is 19.8 Å². The fourth-order valence-corrected chi connectivity index (χ4v) is 6.12. The highest BCUT2D eigenvalue weighted by molar-refractivity contribution is 7.20. The smallest absolute Gasteiger partial charge is 0.282 e. The number of fused-ring (bicyclic) bond motifs is 2. The number of nitrogens with zero attached hydrogens (tertiary/aromatic N) is 4. The lowest BCUT2D eigenvalue weighted by Gasteiger charge is -2.37. The molecule has 5 heterocycles. The summed E-state index contributed by atoms with van der Waals surface area (Å²) in [6.45, 7) is 0.747. The number of hydrogen-bond donors (Lipinski definition) is 0. The van der Waals surface area contributed by atoms with E-state index in [9.17, 15) is 18.4 Å². The SMILES string of the molecule is O=C(c1nc2ccncc2s1)N1CCC2(CC1)OC1CC[C@@H](c3cc(F)cc(F)c3)N1C2=O. The van der Waals surface area contributed by atoms with E-state index < -0.39 is 29.5 Å². The van der Waals surface area contributed by atoms with Gasteiger partial charge in [0.15, 0.2) is 10.6 Å². The third-order valence-corrected chi connectivity index (χ3v) is 7.81. The molecule has 2 aromatic heterocycles. The molecule has 0 aliphatic carbocycles. The molecule has 2 atom stereocenters. The van der Waals surface area contributed by atoms with Gasteiger partial charge in [-0.3, -0.25) is 14.6 Å². The minimum atomic E-state index is -0.997. The number of amides is 2. The van der Waals surface area contributed by atoms with Crippen LogP contribution in [0.2, 0.25) is 0 Å². The normalized spacial score (nSPS) is 24.1. The number of benzene rings is 1. The first-order valence-corrected chi connectivity index (χ1v) is 11.7. The van der Waals surface area contributed by atoms with Crippen LogP contribution in [-0.2, 0) is 9.53 Å². The maximum Gasteiger partial charge on any atom is 0.282 e. The summed E-state index contributed by atoms with van der Waals surface area (Å²) >= 11 is 1.30. The molecule has 0 bridgehead atoms. The summed E-state index contributed by atoms with van der Waals surface area (Å²) in [5.41, 5.74) is 0.187. The van der Waals surface area contributed by atoms with Crippen molar-refractivity contribution in [2.24, 2.45) is 0 Å². The van der Waals surface area contributed by atoms with Crippen LogP contribution in [0.15, 0.2) is 36.7 Å². The minimum Gasteiger partial charge on any atom is -0.342 e. The number of hydrogen-bond acceptors (Lipinski definition) is 6. The predicted octanol–water partition coefficient (Wildman–Crippen LogP) is 3.66. The van der Waals surface area contributed by atoms with E-state index in [-0.39, 0.29) is 11.8 Å². The highest BCUT2D eigenvalue weighted by atomic mass is 32.1. The summed E-state index contributed by atoms with van der Waals surface area (Å²) in [6.07, 6.45) is 4.87. The molecule has 1 aromatic carbocycles. The molecular formula is C23H20F2N4O3S. The maximum absolute atomic E-state index is 13.8. The van der Waals surface area contributed by atoms with E-state index >= 15 is 0 Å².